The van der Waals surface area contributed by atoms with E-state index in [9.17, 15) is 13.2 Å². The zero-order valence-electron chi connectivity index (χ0n) is 13.1. The van der Waals surface area contributed by atoms with Gasteiger partial charge in [-0.25, -0.2) is 13.2 Å². The zero-order chi connectivity index (χ0) is 15.8. The first-order chi connectivity index (χ1) is 10.5. The third kappa shape index (κ3) is 2.51. The molecule has 3 aliphatic rings. The van der Waals surface area contributed by atoms with E-state index in [1.165, 1.54) is 0 Å². The van der Waals surface area contributed by atoms with Gasteiger partial charge in [-0.3, -0.25) is 0 Å². The third-order valence-corrected chi connectivity index (χ3v) is 7.88. The van der Waals surface area contributed by atoms with E-state index in [-0.39, 0.29) is 18.7 Å². The predicted octanol–water partition coefficient (Wildman–Crippen LogP) is 0.375. The van der Waals surface area contributed by atoms with Crippen molar-refractivity contribution < 1.29 is 17.9 Å². The minimum Gasteiger partial charge on any atom is -0.383 e. The highest BCUT2D eigenvalue weighted by molar-refractivity contribution is 7.90. The number of amides is 2. The summed E-state index contributed by atoms with van der Waals surface area (Å²) >= 11 is 0. The number of nitrogens with one attached hydrogen (secondary N) is 1. The highest BCUT2D eigenvalue weighted by Crippen LogP contribution is 2.42. The van der Waals surface area contributed by atoms with Crippen LogP contribution in [0, 0.1) is 0 Å². The van der Waals surface area contributed by atoms with Crippen molar-refractivity contribution in [2.75, 3.05) is 39.9 Å². The molecule has 2 saturated heterocycles. The van der Waals surface area contributed by atoms with Crippen LogP contribution in [0.5, 0.6) is 0 Å². The molecular formula is C14H25N3O4S. The largest absolute Gasteiger partial charge is 0.383 e. The van der Waals surface area contributed by atoms with Crippen molar-refractivity contribution in [3.05, 3.63) is 0 Å². The molecule has 0 radical (unpaired) electrons. The number of nitrogens with zero attached hydrogens (tertiary/aromatic N) is 2. The second-order valence-electron chi connectivity index (χ2n) is 6.55. The summed E-state index contributed by atoms with van der Waals surface area (Å²) in [6, 6.07) is -0.0785. The van der Waals surface area contributed by atoms with E-state index in [0.29, 0.717) is 39.0 Å². The van der Waals surface area contributed by atoms with Crippen LogP contribution in [0.1, 0.15) is 32.1 Å². The fourth-order valence-corrected chi connectivity index (χ4v) is 6.17. The molecule has 1 N–H and O–H groups in total. The van der Waals surface area contributed by atoms with Crippen molar-refractivity contribution >= 4 is 16.1 Å². The molecule has 2 amide bonds. The van der Waals surface area contributed by atoms with Crippen LogP contribution in [0.3, 0.4) is 0 Å². The number of sulfonamides is 1. The highest BCUT2D eigenvalue weighted by atomic mass is 32.2. The van der Waals surface area contributed by atoms with Crippen LogP contribution in [0.15, 0.2) is 0 Å². The Bertz CT molecular complexity index is 532. The van der Waals surface area contributed by atoms with Crippen molar-refractivity contribution in [3.63, 3.8) is 0 Å². The Morgan fingerprint density at radius 2 is 2.09 bits per heavy atom. The zero-order valence-corrected chi connectivity index (χ0v) is 13.9. The maximum Gasteiger partial charge on any atom is 0.317 e. The fourth-order valence-electron chi connectivity index (χ4n) is 3.81. The fraction of sp³-hybridized carbons (Fsp3) is 0.929. The van der Waals surface area contributed by atoms with E-state index in [1.807, 2.05) is 0 Å². The van der Waals surface area contributed by atoms with Gasteiger partial charge in [0.1, 0.15) is 4.75 Å². The van der Waals surface area contributed by atoms with Gasteiger partial charge in [0.15, 0.2) is 0 Å². The molecule has 3 rings (SSSR count). The lowest BCUT2D eigenvalue weighted by Crippen LogP contribution is -2.59. The van der Waals surface area contributed by atoms with Crippen molar-refractivity contribution in [2.45, 2.75) is 42.9 Å². The van der Waals surface area contributed by atoms with Crippen LogP contribution in [-0.2, 0) is 14.8 Å². The number of hydrogen-bond acceptors (Lipinski definition) is 4. The number of hydrogen-bond donors (Lipinski definition) is 1. The predicted molar refractivity (Wildman–Crippen MR) is 82.1 cm³/mol. The van der Waals surface area contributed by atoms with Crippen molar-refractivity contribution in [2.24, 2.45) is 0 Å². The monoisotopic (exact) mass is 331 g/mol. The van der Waals surface area contributed by atoms with Gasteiger partial charge in [-0.2, -0.15) is 4.31 Å². The van der Waals surface area contributed by atoms with Gasteiger partial charge in [-0.05, 0) is 25.7 Å². The molecule has 0 aromatic heterocycles. The summed E-state index contributed by atoms with van der Waals surface area (Å²) in [5.41, 5.74) is 0. The van der Waals surface area contributed by atoms with E-state index < -0.39 is 14.8 Å². The molecule has 2 aliphatic heterocycles. The van der Waals surface area contributed by atoms with Crippen LogP contribution in [-0.4, -0.2) is 74.3 Å². The molecule has 0 aromatic carbocycles. The molecule has 1 unspecified atom stereocenters. The van der Waals surface area contributed by atoms with E-state index in [1.54, 1.807) is 16.3 Å². The molecule has 126 valence electrons. The first-order valence-corrected chi connectivity index (χ1v) is 9.47. The molecule has 0 aromatic rings. The molecule has 0 bridgehead atoms. The molecule has 0 spiro atoms. The lowest BCUT2D eigenvalue weighted by Gasteiger charge is -2.46. The Morgan fingerprint density at radius 1 is 1.32 bits per heavy atom. The molecule has 1 saturated carbocycles. The summed E-state index contributed by atoms with van der Waals surface area (Å²) in [5, 5.41) is 2.79. The van der Waals surface area contributed by atoms with Crippen molar-refractivity contribution in [1.82, 2.24) is 14.5 Å². The number of methoxy groups -OCH3 is 1. The van der Waals surface area contributed by atoms with Crippen molar-refractivity contribution in [1.29, 1.82) is 0 Å². The molecule has 1 aliphatic carbocycles. The van der Waals surface area contributed by atoms with Gasteiger partial charge < -0.3 is 15.0 Å². The molecule has 7 nitrogen and oxygen atoms in total. The van der Waals surface area contributed by atoms with Crippen LogP contribution in [0.4, 0.5) is 4.79 Å². The first-order valence-electron chi connectivity index (χ1n) is 8.03. The molecule has 22 heavy (non-hydrogen) atoms. The number of piperidine rings is 1. The van der Waals surface area contributed by atoms with Crippen LogP contribution >= 0.6 is 0 Å². The third-order valence-electron chi connectivity index (χ3n) is 5.25. The summed E-state index contributed by atoms with van der Waals surface area (Å²) in [6.45, 7) is 2.55. The Labute approximate surface area is 132 Å². The summed E-state index contributed by atoms with van der Waals surface area (Å²) in [5.74, 6) is 0. The smallest absolute Gasteiger partial charge is 0.317 e. The molecule has 2 heterocycles. The number of rotatable bonds is 5. The summed E-state index contributed by atoms with van der Waals surface area (Å²) in [6.07, 6.45) is 3.96. The van der Waals surface area contributed by atoms with E-state index in [0.717, 1.165) is 19.3 Å². The minimum atomic E-state index is -3.38. The Hall–Kier alpha value is -0.860. The Morgan fingerprint density at radius 3 is 2.64 bits per heavy atom. The van der Waals surface area contributed by atoms with Crippen LogP contribution < -0.4 is 5.32 Å². The number of ether oxygens (including phenoxy) is 1. The lowest BCUT2D eigenvalue weighted by atomic mass is 9.85. The quantitative estimate of drug-likeness (QED) is 0.790. The van der Waals surface area contributed by atoms with E-state index in [4.69, 9.17) is 4.74 Å². The maximum atomic E-state index is 13.0. The molecule has 8 heteroatoms. The van der Waals surface area contributed by atoms with Gasteiger partial charge in [0.2, 0.25) is 10.0 Å². The second kappa shape index (κ2) is 5.98. The second-order valence-corrected chi connectivity index (χ2v) is 8.89. The van der Waals surface area contributed by atoms with E-state index >= 15 is 0 Å². The molecule has 1 atom stereocenters. The van der Waals surface area contributed by atoms with Gasteiger partial charge in [-0.15, -0.1) is 0 Å². The van der Waals surface area contributed by atoms with Gasteiger partial charge in [0, 0.05) is 39.3 Å². The van der Waals surface area contributed by atoms with Crippen LogP contribution in [0.25, 0.3) is 0 Å². The molecule has 3 fully saturated rings. The van der Waals surface area contributed by atoms with Gasteiger partial charge >= 0.3 is 6.03 Å². The number of carbonyl (C=O) groups excluding carboxylic acids is 1. The van der Waals surface area contributed by atoms with Crippen molar-refractivity contribution in [3.8, 4) is 0 Å². The van der Waals surface area contributed by atoms with Crippen LogP contribution in [0.2, 0.25) is 0 Å². The standard InChI is InChI=1S/C14H25N3O4S/c1-21-11-14(5-3-6-14)22(19,20)16-8-2-4-12(10-16)17-9-7-15-13(17)18/h12H,2-11H2,1H3,(H,15,18). The SMILES string of the molecule is COCC1(S(=O)(=O)N2CCCC(N3CCNC3=O)C2)CCC1. The summed E-state index contributed by atoms with van der Waals surface area (Å²) in [7, 11) is -1.82. The summed E-state index contributed by atoms with van der Waals surface area (Å²) < 4.78 is 32.1. The Kier molecular flexibility index (Phi) is 4.35. The maximum absolute atomic E-state index is 13.0. The average Bonchev–Trinajstić information content (AvgIpc) is 2.89. The first kappa shape index (κ1) is 16.0. The topological polar surface area (TPSA) is 79.0 Å². The summed E-state index contributed by atoms with van der Waals surface area (Å²) in [4.78, 5) is 13.6. The normalized spacial score (nSPS) is 29.2. The lowest BCUT2D eigenvalue weighted by molar-refractivity contribution is 0.117. The van der Waals surface area contributed by atoms with Gasteiger partial charge in [0.25, 0.3) is 0 Å². The minimum absolute atomic E-state index is 0.00861. The number of urea groups is 1. The highest BCUT2D eigenvalue weighted by Gasteiger charge is 2.52. The van der Waals surface area contributed by atoms with E-state index in [2.05, 4.69) is 5.32 Å². The number of carbonyl (C=O) groups is 1. The molecular weight excluding hydrogens is 306 g/mol. The Balaban J connectivity index is 1.75. The van der Waals surface area contributed by atoms with Gasteiger partial charge in [0.05, 0.1) is 6.61 Å². The van der Waals surface area contributed by atoms with Gasteiger partial charge in [-0.1, -0.05) is 6.42 Å². The average molecular weight is 331 g/mol.